The van der Waals surface area contributed by atoms with Gasteiger partial charge >= 0.3 is 5.97 Å². The smallest absolute Gasteiger partial charge is 0.310 e. The zero-order valence-electron chi connectivity index (χ0n) is 7.88. The molecule has 0 heterocycles. The van der Waals surface area contributed by atoms with Gasteiger partial charge in [0.25, 0.3) is 0 Å². The van der Waals surface area contributed by atoms with Crippen LogP contribution in [-0.4, -0.2) is 13.1 Å². The number of methoxy groups -OCH3 is 1. The van der Waals surface area contributed by atoms with Crippen LogP contribution in [0.1, 0.15) is 11.1 Å². The Morgan fingerprint density at radius 3 is 2.87 bits per heavy atom. The van der Waals surface area contributed by atoms with E-state index in [-0.39, 0.29) is 12.4 Å². The fourth-order valence-corrected chi connectivity index (χ4v) is 2.80. The molecule has 0 fully saturated rings. The fourth-order valence-electron chi connectivity index (χ4n) is 1.10. The molecular weight excluding hydrogens is 373 g/mol. The van der Waals surface area contributed by atoms with E-state index in [2.05, 4.69) is 49.3 Å². The van der Waals surface area contributed by atoms with Crippen molar-refractivity contribution in [2.75, 3.05) is 7.11 Å². The third-order valence-electron chi connectivity index (χ3n) is 1.83. The molecule has 0 spiro atoms. The first-order valence-corrected chi connectivity index (χ1v) is 5.90. The number of nitrogens with zero attached hydrogens (tertiary/aromatic N) is 1. The molecule has 0 aromatic heterocycles. The Hall–Kier alpha value is -0.610. The first-order chi connectivity index (χ1) is 7.08. The van der Waals surface area contributed by atoms with Crippen LogP contribution in [0, 0.1) is 14.9 Å². The molecule has 1 aromatic carbocycles. The second-order valence-corrected chi connectivity index (χ2v) is 4.86. The predicted molar refractivity (Wildman–Crippen MR) is 67.3 cm³/mol. The standard InChI is InChI=1S/C10H7BrINO2/c1-15-10(14)4-8-6(5-13)2-7(11)3-9(8)12/h2-3H,4H2,1H3. The zero-order valence-corrected chi connectivity index (χ0v) is 11.6. The summed E-state index contributed by atoms with van der Waals surface area (Å²) in [5.74, 6) is -0.341. The van der Waals surface area contributed by atoms with Crippen LogP contribution in [0.4, 0.5) is 0 Å². The lowest BCUT2D eigenvalue weighted by Gasteiger charge is -2.06. The van der Waals surface area contributed by atoms with Gasteiger partial charge in [-0.2, -0.15) is 5.26 Å². The molecule has 0 atom stereocenters. The molecule has 0 saturated carbocycles. The summed E-state index contributed by atoms with van der Waals surface area (Å²) in [4.78, 5) is 11.1. The third kappa shape index (κ3) is 3.18. The lowest BCUT2D eigenvalue weighted by atomic mass is 10.1. The molecule has 1 aromatic rings. The second kappa shape index (κ2) is 5.47. The van der Waals surface area contributed by atoms with Gasteiger partial charge < -0.3 is 4.74 Å². The van der Waals surface area contributed by atoms with E-state index in [0.29, 0.717) is 11.1 Å². The second-order valence-electron chi connectivity index (χ2n) is 2.78. The topological polar surface area (TPSA) is 50.1 Å². The van der Waals surface area contributed by atoms with Gasteiger partial charge in [-0.3, -0.25) is 4.79 Å². The number of ether oxygens (including phenoxy) is 1. The molecule has 15 heavy (non-hydrogen) atoms. The molecule has 3 nitrogen and oxygen atoms in total. The molecule has 0 aliphatic heterocycles. The largest absolute Gasteiger partial charge is 0.469 e. The third-order valence-corrected chi connectivity index (χ3v) is 3.25. The average Bonchev–Trinajstić information content (AvgIpc) is 2.21. The van der Waals surface area contributed by atoms with Crippen LogP contribution in [0.15, 0.2) is 16.6 Å². The normalized spacial score (nSPS) is 9.47. The highest BCUT2D eigenvalue weighted by molar-refractivity contribution is 14.1. The van der Waals surface area contributed by atoms with Crippen LogP contribution in [0.2, 0.25) is 0 Å². The number of nitriles is 1. The zero-order chi connectivity index (χ0) is 11.4. The highest BCUT2D eigenvalue weighted by Gasteiger charge is 2.12. The molecule has 0 aliphatic carbocycles. The summed E-state index contributed by atoms with van der Waals surface area (Å²) < 4.78 is 6.28. The van der Waals surface area contributed by atoms with Crippen LogP contribution in [0.5, 0.6) is 0 Å². The molecule has 78 valence electrons. The number of hydrogen-bond donors (Lipinski definition) is 0. The van der Waals surface area contributed by atoms with Crippen LogP contribution >= 0.6 is 38.5 Å². The molecule has 0 aliphatic rings. The van der Waals surface area contributed by atoms with Crippen LogP contribution in [-0.2, 0) is 16.0 Å². The summed E-state index contributed by atoms with van der Waals surface area (Å²) in [6.07, 6.45) is 0.130. The monoisotopic (exact) mass is 379 g/mol. The van der Waals surface area contributed by atoms with Gasteiger partial charge in [0, 0.05) is 8.04 Å². The van der Waals surface area contributed by atoms with Crippen molar-refractivity contribution in [3.05, 3.63) is 31.3 Å². The summed E-state index contributed by atoms with van der Waals surface area (Å²) >= 11 is 5.39. The van der Waals surface area contributed by atoms with Crippen molar-refractivity contribution in [3.63, 3.8) is 0 Å². The molecular formula is C10H7BrINO2. The maximum absolute atomic E-state index is 11.1. The Morgan fingerprint density at radius 1 is 1.67 bits per heavy atom. The molecule has 0 saturated heterocycles. The number of carbonyl (C=O) groups is 1. The van der Waals surface area contributed by atoms with Gasteiger partial charge in [0.05, 0.1) is 25.2 Å². The minimum Gasteiger partial charge on any atom is -0.469 e. The predicted octanol–water partition coefficient (Wildman–Crippen LogP) is 2.64. The van der Waals surface area contributed by atoms with E-state index >= 15 is 0 Å². The summed E-state index contributed by atoms with van der Waals surface area (Å²) in [7, 11) is 1.33. The van der Waals surface area contributed by atoms with Crippen LogP contribution in [0.25, 0.3) is 0 Å². The highest BCUT2D eigenvalue weighted by Crippen LogP contribution is 2.23. The maximum atomic E-state index is 11.1. The summed E-state index contributed by atoms with van der Waals surface area (Å²) in [6.45, 7) is 0. The molecule has 1 rings (SSSR count). The number of hydrogen-bond acceptors (Lipinski definition) is 3. The SMILES string of the molecule is COC(=O)Cc1c(I)cc(Br)cc1C#N. The van der Waals surface area contributed by atoms with Gasteiger partial charge in [-0.05, 0) is 40.3 Å². The number of benzene rings is 1. The molecule has 0 amide bonds. The Labute approximate surface area is 110 Å². The van der Waals surface area contributed by atoms with Crippen LogP contribution < -0.4 is 0 Å². The van der Waals surface area contributed by atoms with Gasteiger partial charge in [-0.1, -0.05) is 15.9 Å². The minimum absolute atomic E-state index is 0.130. The number of carbonyl (C=O) groups excluding carboxylic acids is 1. The van der Waals surface area contributed by atoms with Crippen molar-refractivity contribution < 1.29 is 9.53 Å². The first-order valence-electron chi connectivity index (χ1n) is 4.03. The van der Waals surface area contributed by atoms with Gasteiger partial charge in [-0.25, -0.2) is 0 Å². The Kier molecular flexibility index (Phi) is 4.54. The number of halogens is 2. The van der Waals surface area contributed by atoms with E-state index in [1.165, 1.54) is 7.11 Å². The van der Waals surface area contributed by atoms with Gasteiger partial charge in [0.1, 0.15) is 0 Å². The van der Waals surface area contributed by atoms with Crippen molar-refractivity contribution in [3.8, 4) is 6.07 Å². The molecule has 0 unspecified atom stereocenters. The van der Waals surface area contributed by atoms with Gasteiger partial charge in [0.2, 0.25) is 0 Å². The first kappa shape index (κ1) is 12.5. The Bertz CT molecular complexity index is 440. The van der Waals surface area contributed by atoms with E-state index < -0.39 is 0 Å². The Morgan fingerprint density at radius 2 is 2.33 bits per heavy atom. The number of rotatable bonds is 2. The quantitative estimate of drug-likeness (QED) is 0.586. The van der Waals surface area contributed by atoms with E-state index in [1.807, 2.05) is 6.07 Å². The van der Waals surface area contributed by atoms with E-state index in [9.17, 15) is 4.79 Å². The summed E-state index contributed by atoms with van der Waals surface area (Å²) in [6, 6.07) is 5.62. The summed E-state index contributed by atoms with van der Waals surface area (Å²) in [5, 5.41) is 8.93. The minimum atomic E-state index is -0.341. The molecule has 0 bridgehead atoms. The lowest BCUT2D eigenvalue weighted by Crippen LogP contribution is -2.07. The van der Waals surface area contributed by atoms with Gasteiger partial charge in [0.15, 0.2) is 0 Å². The van der Waals surface area contributed by atoms with Crippen LogP contribution in [0.3, 0.4) is 0 Å². The van der Waals surface area contributed by atoms with Crippen molar-refractivity contribution in [1.29, 1.82) is 5.26 Å². The maximum Gasteiger partial charge on any atom is 0.310 e. The van der Waals surface area contributed by atoms with Crippen molar-refractivity contribution >= 4 is 44.5 Å². The average molecular weight is 380 g/mol. The van der Waals surface area contributed by atoms with Crippen molar-refractivity contribution in [2.45, 2.75) is 6.42 Å². The van der Waals surface area contributed by atoms with E-state index in [1.54, 1.807) is 6.07 Å². The lowest BCUT2D eigenvalue weighted by molar-refractivity contribution is -0.139. The Balaban J connectivity index is 3.17. The molecule has 0 radical (unpaired) electrons. The molecule has 0 N–H and O–H groups in total. The van der Waals surface area contributed by atoms with E-state index in [0.717, 1.165) is 8.04 Å². The number of esters is 1. The van der Waals surface area contributed by atoms with Crippen molar-refractivity contribution in [1.82, 2.24) is 0 Å². The highest BCUT2D eigenvalue weighted by atomic mass is 127. The van der Waals surface area contributed by atoms with Gasteiger partial charge in [-0.15, -0.1) is 0 Å². The fraction of sp³-hybridized carbons (Fsp3) is 0.200. The van der Waals surface area contributed by atoms with E-state index in [4.69, 9.17) is 5.26 Å². The van der Waals surface area contributed by atoms with Crippen molar-refractivity contribution in [2.24, 2.45) is 0 Å². The summed E-state index contributed by atoms with van der Waals surface area (Å²) in [5.41, 5.74) is 1.22. The molecule has 5 heteroatoms.